The molecule has 2 heterocycles. The van der Waals surface area contributed by atoms with Gasteiger partial charge in [0.1, 0.15) is 6.04 Å². The van der Waals surface area contributed by atoms with E-state index < -0.39 is 6.04 Å². The van der Waals surface area contributed by atoms with Gasteiger partial charge in [-0.25, -0.2) is 0 Å². The van der Waals surface area contributed by atoms with E-state index in [1.54, 1.807) is 0 Å². The van der Waals surface area contributed by atoms with Crippen molar-refractivity contribution < 1.29 is 9.59 Å². The number of carbonyl (C=O) groups is 2. The zero-order valence-corrected chi connectivity index (χ0v) is 22.3. The van der Waals surface area contributed by atoms with Crippen molar-refractivity contribution in [2.24, 2.45) is 5.92 Å². The maximum Gasteiger partial charge on any atom is 0.245 e. The lowest BCUT2D eigenvalue weighted by Crippen LogP contribution is -2.56. The van der Waals surface area contributed by atoms with Gasteiger partial charge in [-0.05, 0) is 34.1 Å². The largest absolute Gasteiger partial charge is 0.361 e. The van der Waals surface area contributed by atoms with Gasteiger partial charge < -0.3 is 15.2 Å². The van der Waals surface area contributed by atoms with Gasteiger partial charge in [0.2, 0.25) is 11.8 Å². The van der Waals surface area contributed by atoms with E-state index in [1.807, 2.05) is 49.2 Å². The highest BCUT2D eigenvalue weighted by atomic mass is 16.2. The Morgan fingerprint density at radius 1 is 0.972 bits per heavy atom. The van der Waals surface area contributed by atoms with Crippen LogP contribution in [-0.2, 0) is 28.0 Å². The molecule has 2 amide bonds. The number of benzene rings is 2. The van der Waals surface area contributed by atoms with Crippen molar-refractivity contribution in [1.82, 2.24) is 20.1 Å². The molecule has 0 aliphatic carbocycles. The fourth-order valence-corrected chi connectivity index (χ4v) is 4.88. The molecule has 0 radical (unpaired) electrons. The summed E-state index contributed by atoms with van der Waals surface area (Å²) >= 11 is 0. The van der Waals surface area contributed by atoms with Crippen LogP contribution in [0.5, 0.6) is 0 Å². The number of H-pyrrole nitrogens is 1. The first-order valence-corrected chi connectivity index (χ1v) is 13.1. The summed E-state index contributed by atoms with van der Waals surface area (Å²) in [6.07, 6.45) is 2.13. The zero-order valence-electron chi connectivity index (χ0n) is 22.3. The molecule has 1 aliphatic rings. The maximum absolute atomic E-state index is 13.4. The summed E-state index contributed by atoms with van der Waals surface area (Å²) in [6, 6.07) is 16.3. The SMILES string of the molecule is CC(C)C(NC(=O)Cc1c[nH]c2ccccc12)C(=O)N1CCN(Cc2ccc(C(C)(C)C)cc2)CC1. The molecule has 3 aromatic rings. The summed E-state index contributed by atoms with van der Waals surface area (Å²) in [5.74, 6) is -0.0839. The minimum atomic E-state index is -0.515. The Morgan fingerprint density at radius 3 is 2.28 bits per heavy atom. The van der Waals surface area contributed by atoms with Crippen molar-refractivity contribution in [1.29, 1.82) is 0 Å². The molecule has 36 heavy (non-hydrogen) atoms. The van der Waals surface area contributed by atoms with Crippen LogP contribution in [0.4, 0.5) is 0 Å². The predicted molar refractivity (Wildman–Crippen MR) is 146 cm³/mol. The van der Waals surface area contributed by atoms with E-state index in [0.29, 0.717) is 13.1 Å². The zero-order chi connectivity index (χ0) is 25.9. The quantitative estimate of drug-likeness (QED) is 0.515. The summed E-state index contributed by atoms with van der Waals surface area (Å²) in [6.45, 7) is 14.6. The van der Waals surface area contributed by atoms with Crippen LogP contribution >= 0.6 is 0 Å². The van der Waals surface area contributed by atoms with Crippen LogP contribution in [0.2, 0.25) is 0 Å². The van der Waals surface area contributed by atoms with E-state index in [-0.39, 0.29) is 29.6 Å². The van der Waals surface area contributed by atoms with Crippen LogP contribution in [0.3, 0.4) is 0 Å². The lowest BCUT2D eigenvalue weighted by Gasteiger charge is -2.37. The maximum atomic E-state index is 13.4. The van der Waals surface area contributed by atoms with Gasteiger partial charge in [0, 0.05) is 49.8 Å². The van der Waals surface area contributed by atoms with Crippen molar-refractivity contribution in [3.63, 3.8) is 0 Å². The highest BCUT2D eigenvalue weighted by molar-refractivity contribution is 5.92. The average Bonchev–Trinajstić information content (AvgIpc) is 3.25. The molecule has 1 fully saturated rings. The molecule has 0 bridgehead atoms. The molecular formula is C30H40N4O2. The average molecular weight is 489 g/mol. The lowest BCUT2D eigenvalue weighted by atomic mass is 9.87. The fraction of sp³-hybridized carbons (Fsp3) is 0.467. The van der Waals surface area contributed by atoms with Crippen LogP contribution in [0.25, 0.3) is 10.9 Å². The van der Waals surface area contributed by atoms with Crippen LogP contribution in [0.15, 0.2) is 54.7 Å². The topological polar surface area (TPSA) is 68.4 Å². The molecule has 6 nitrogen and oxygen atoms in total. The molecule has 1 unspecified atom stereocenters. The second kappa shape index (κ2) is 10.9. The Hall–Kier alpha value is -3.12. The summed E-state index contributed by atoms with van der Waals surface area (Å²) in [5, 5.41) is 4.07. The third-order valence-electron chi connectivity index (χ3n) is 7.19. The Morgan fingerprint density at radius 2 is 1.64 bits per heavy atom. The Kier molecular flexibility index (Phi) is 7.84. The number of para-hydroxylation sites is 1. The normalized spacial score (nSPS) is 15.9. The number of aromatic amines is 1. The Bertz CT molecular complexity index is 1180. The van der Waals surface area contributed by atoms with E-state index in [9.17, 15) is 9.59 Å². The molecule has 1 aliphatic heterocycles. The number of carbonyl (C=O) groups excluding carboxylic acids is 2. The summed E-state index contributed by atoms with van der Waals surface area (Å²) in [5.41, 5.74) is 4.75. The fourth-order valence-electron chi connectivity index (χ4n) is 4.88. The summed E-state index contributed by atoms with van der Waals surface area (Å²) in [4.78, 5) is 33.8. The van der Waals surface area contributed by atoms with Gasteiger partial charge in [-0.1, -0.05) is 77.1 Å². The lowest BCUT2D eigenvalue weighted by molar-refractivity contribution is -0.139. The second-order valence-electron chi connectivity index (χ2n) is 11.4. The molecular weight excluding hydrogens is 448 g/mol. The first-order chi connectivity index (χ1) is 17.1. The van der Waals surface area contributed by atoms with Crippen LogP contribution in [0.1, 0.15) is 51.3 Å². The molecule has 6 heteroatoms. The van der Waals surface area contributed by atoms with Crippen molar-refractivity contribution in [3.8, 4) is 0 Å². The van der Waals surface area contributed by atoms with E-state index >= 15 is 0 Å². The predicted octanol–water partition coefficient (Wildman–Crippen LogP) is 4.49. The number of hydrogen-bond acceptors (Lipinski definition) is 3. The van der Waals surface area contributed by atoms with Gasteiger partial charge in [0.15, 0.2) is 0 Å². The van der Waals surface area contributed by atoms with Crippen LogP contribution < -0.4 is 5.32 Å². The molecule has 2 aromatic carbocycles. The van der Waals surface area contributed by atoms with Crippen molar-refractivity contribution in [2.75, 3.05) is 26.2 Å². The van der Waals surface area contributed by atoms with Gasteiger partial charge in [0.25, 0.3) is 0 Å². The first-order valence-electron chi connectivity index (χ1n) is 13.1. The monoisotopic (exact) mass is 488 g/mol. The summed E-state index contributed by atoms with van der Waals surface area (Å²) in [7, 11) is 0. The number of piperazine rings is 1. The summed E-state index contributed by atoms with van der Waals surface area (Å²) < 4.78 is 0. The number of fused-ring (bicyclic) bond motifs is 1. The molecule has 1 saturated heterocycles. The number of aromatic nitrogens is 1. The number of hydrogen-bond donors (Lipinski definition) is 2. The van der Waals surface area contributed by atoms with Gasteiger partial charge >= 0.3 is 0 Å². The van der Waals surface area contributed by atoms with E-state index in [1.165, 1.54) is 11.1 Å². The molecule has 2 N–H and O–H groups in total. The molecule has 192 valence electrons. The molecule has 4 rings (SSSR count). The van der Waals surface area contributed by atoms with E-state index in [0.717, 1.165) is 36.1 Å². The van der Waals surface area contributed by atoms with Crippen LogP contribution in [-0.4, -0.2) is 58.8 Å². The number of rotatable bonds is 7. The van der Waals surface area contributed by atoms with E-state index in [2.05, 4.69) is 60.2 Å². The highest BCUT2D eigenvalue weighted by Crippen LogP contribution is 2.23. The number of nitrogens with zero attached hydrogens (tertiary/aromatic N) is 2. The highest BCUT2D eigenvalue weighted by Gasteiger charge is 2.31. The van der Waals surface area contributed by atoms with Crippen molar-refractivity contribution >= 4 is 22.7 Å². The van der Waals surface area contributed by atoms with Crippen molar-refractivity contribution in [2.45, 2.75) is 59.0 Å². The third kappa shape index (κ3) is 6.16. The van der Waals surface area contributed by atoms with Gasteiger partial charge in [0.05, 0.1) is 6.42 Å². The molecule has 1 atom stereocenters. The van der Waals surface area contributed by atoms with Crippen LogP contribution in [0, 0.1) is 5.92 Å². The van der Waals surface area contributed by atoms with Crippen molar-refractivity contribution in [3.05, 3.63) is 71.4 Å². The van der Waals surface area contributed by atoms with Gasteiger partial charge in [-0.3, -0.25) is 14.5 Å². The molecule has 0 saturated carbocycles. The number of amides is 2. The number of nitrogens with one attached hydrogen (secondary N) is 2. The minimum absolute atomic E-state index is 0.0174. The standard InChI is InChI=1S/C30H40N4O2/c1-21(2)28(32-27(35)18-23-19-31-26-9-7-6-8-25(23)26)29(36)34-16-14-33(15-17-34)20-22-10-12-24(13-11-22)30(3,4)5/h6-13,19,21,28,31H,14-18,20H2,1-5H3,(H,32,35). The van der Waals surface area contributed by atoms with Gasteiger partial charge in [-0.15, -0.1) is 0 Å². The third-order valence-corrected chi connectivity index (χ3v) is 7.19. The first kappa shape index (κ1) is 26.0. The minimum Gasteiger partial charge on any atom is -0.361 e. The van der Waals surface area contributed by atoms with E-state index in [4.69, 9.17) is 0 Å². The Labute approximate surface area is 215 Å². The smallest absolute Gasteiger partial charge is 0.245 e. The Balaban J connectivity index is 1.31. The second-order valence-corrected chi connectivity index (χ2v) is 11.4. The molecule has 1 aromatic heterocycles. The van der Waals surface area contributed by atoms with Gasteiger partial charge in [-0.2, -0.15) is 0 Å². The molecule has 0 spiro atoms.